The number of nitrogens with one attached hydrogen (secondary N) is 1. The van der Waals surface area contributed by atoms with Crippen molar-refractivity contribution in [2.45, 2.75) is 70.7 Å². The molecule has 0 bridgehead atoms. The second-order valence-electron chi connectivity index (χ2n) is 9.75. The van der Waals surface area contributed by atoms with Gasteiger partial charge in [-0.25, -0.2) is 0 Å². The van der Waals surface area contributed by atoms with Crippen molar-refractivity contribution in [3.05, 3.63) is 36.0 Å². The van der Waals surface area contributed by atoms with Gasteiger partial charge >= 0.3 is 0 Å². The molecule has 0 spiro atoms. The summed E-state index contributed by atoms with van der Waals surface area (Å²) in [5, 5.41) is 4.10. The van der Waals surface area contributed by atoms with Crippen molar-refractivity contribution in [1.29, 1.82) is 0 Å². The minimum absolute atomic E-state index is 0. The van der Waals surface area contributed by atoms with Crippen molar-refractivity contribution in [1.82, 2.24) is 10.2 Å². The maximum Gasteiger partial charge on any atom is 0.0553 e. The molecule has 4 atom stereocenters. The Hall–Kier alpha value is -0.650. The molecule has 2 aliphatic carbocycles. The molecule has 5 heteroatoms. The van der Waals surface area contributed by atoms with Crippen molar-refractivity contribution in [3.63, 3.8) is 0 Å². The minimum Gasteiger partial charge on any atom is -0.412 e. The van der Waals surface area contributed by atoms with Crippen LogP contribution in [0.25, 0.3) is 0 Å². The highest BCUT2D eigenvalue weighted by atomic mass is 35.5. The Bertz CT molecular complexity index is 567. The molecule has 0 aromatic heterocycles. The Morgan fingerprint density at radius 2 is 1.87 bits per heavy atom. The van der Waals surface area contributed by atoms with Crippen molar-refractivity contribution in [2.24, 2.45) is 23.7 Å². The molecule has 5 N–H and O–H groups in total. The monoisotopic (exact) mass is 440 g/mol. The van der Waals surface area contributed by atoms with Crippen LogP contribution in [0.3, 0.4) is 0 Å². The molecule has 30 heavy (non-hydrogen) atoms. The fourth-order valence-corrected chi connectivity index (χ4v) is 5.18. The number of halogens is 1. The molecule has 0 amide bonds. The van der Waals surface area contributed by atoms with Crippen molar-refractivity contribution >= 4 is 11.6 Å². The third-order valence-electron chi connectivity index (χ3n) is 6.97. The van der Waals surface area contributed by atoms with Gasteiger partial charge in [-0.1, -0.05) is 51.2 Å². The first-order chi connectivity index (χ1) is 13.5. The van der Waals surface area contributed by atoms with E-state index in [0.717, 1.165) is 30.7 Å². The van der Waals surface area contributed by atoms with E-state index in [-0.39, 0.29) is 16.3 Å². The van der Waals surface area contributed by atoms with Gasteiger partial charge in [-0.2, -0.15) is 0 Å². The average molecular weight is 441 g/mol. The van der Waals surface area contributed by atoms with Gasteiger partial charge in [0.25, 0.3) is 0 Å². The number of alkyl halides is 1. The lowest BCUT2D eigenvalue weighted by atomic mass is 9.85. The van der Waals surface area contributed by atoms with Gasteiger partial charge < -0.3 is 21.2 Å². The summed E-state index contributed by atoms with van der Waals surface area (Å²) in [6.45, 7) is 11.9. The van der Waals surface area contributed by atoms with E-state index in [1.54, 1.807) is 0 Å². The molecular weight excluding hydrogens is 396 g/mol. The maximum atomic E-state index is 6.18. The summed E-state index contributed by atoms with van der Waals surface area (Å²) < 4.78 is 0. The SMILES string of the molecule is CC1CC=CC(CCN[C@@H](CN2CCC(C3=CCC(Cl)C=C3)CC2)C(C)C)C1.O.O. The largest absolute Gasteiger partial charge is 0.412 e. The Morgan fingerprint density at radius 3 is 2.47 bits per heavy atom. The molecule has 3 rings (SSSR count). The van der Waals surface area contributed by atoms with Gasteiger partial charge in [0.15, 0.2) is 0 Å². The van der Waals surface area contributed by atoms with Crippen LogP contribution in [0.2, 0.25) is 0 Å². The highest BCUT2D eigenvalue weighted by Gasteiger charge is 2.25. The number of likely N-dealkylation sites (tertiary alicyclic amines) is 1. The zero-order valence-corrected chi connectivity index (χ0v) is 20.0. The Balaban J connectivity index is 0.00000225. The number of hydrogen-bond donors (Lipinski definition) is 1. The first kappa shape index (κ1) is 27.4. The van der Waals surface area contributed by atoms with Gasteiger partial charge in [0.2, 0.25) is 0 Å². The van der Waals surface area contributed by atoms with Crippen LogP contribution >= 0.6 is 11.6 Å². The number of nitrogens with zero attached hydrogens (tertiary/aromatic N) is 1. The summed E-state index contributed by atoms with van der Waals surface area (Å²) in [7, 11) is 0. The Morgan fingerprint density at radius 1 is 1.13 bits per heavy atom. The normalized spacial score (nSPS) is 28.6. The fourth-order valence-electron chi connectivity index (χ4n) is 5.01. The molecule has 0 radical (unpaired) electrons. The predicted molar refractivity (Wildman–Crippen MR) is 130 cm³/mol. The lowest BCUT2D eigenvalue weighted by Crippen LogP contribution is -2.47. The summed E-state index contributed by atoms with van der Waals surface area (Å²) in [4.78, 5) is 2.69. The van der Waals surface area contributed by atoms with E-state index in [1.165, 1.54) is 57.3 Å². The van der Waals surface area contributed by atoms with Gasteiger partial charge in [-0.05, 0) is 87.4 Å². The van der Waals surface area contributed by atoms with Crippen LogP contribution in [-0.4, -0.2) is 53.5 Å². The zero-order valence-electron chi connectivity index (χ0n) is 19.2. The molecule has 1 heterocycles. The van der Waals surface area contributed by atoms with E-state index >= 15 is 0 Å². The quantitative estimate of drug-likeness (QED) is 0.454. The second kappa shape index (κ2) is 13.7. The highest BCUT2D eigenvalue weighted by Crippen LogP contribution is 2.29. The summed E-state index contributed by atoms with van der Waals surface area (Å²) >= 11 is 6.18. The molecule has 3 aliphatic rings. The van der Waals surface area contributed by atoms with E-state index in [0.29, 0.717) is 12.0 Å². The minimum atomic E-state index is 0. The molecule has 1 saturated heterocycles. The van der Waals surface area contributed by atoms with Crippen LogP contribution in [0.1, 0.15) is 59.3 Å². The third-order valence-corrected chi connectivity index (χ3v) is 7.29. The molecule has 0 aromatic carbocycles. The molecule has 1 aliphatic heterocycles. The van der Waals surface area contributed by atoms with Crippen LogP contribution in [0, 0.1) is 23.7 Å². The topological polar surface area (TPSA) is 78.3 Å². The molecule has 1 fully saturated rings. The van der Waals surface area contributed by atoms with Crippen LogP contribution in [0.5, 0.6) is 0 Å². The van der Waals surface area contributed by atoms with Gasteiger partial charge in [0.1, 0.15) is 0 Å². The van der Waals surface area contributed by atoms with Crippen LogP contribution in [0.4, 0.5) is 0 Å². The van der Waals surface area contributed by atoms with Crippen LogP contribution in [0.15, 0.2) is 36.0 Å². The molecule has 0 aromatic rings. The molecule has 3 unspecified atom stereocenters. The van der Waals surface area contributed by atoms with Gasteiger partial charge in [-0.3, -0.25) is 0 Å². The van der Waals surface area contributed by atoms with E-state index in [4.69, 9.17) is 11.6 Å². The number of piperidine rings is 1. The highest BCUT2D eigenvalue weighted by molar-refractivity contribution is 6.22. The average Bonchev–Trinajstić information content (AvgIpc) is 2.68. The maximum absolute atomic E-state index is 6.18. The Labute approximate surface area is 189 Å². The molecule has 0 saturated carbocycles. The number of hydrogen-bond acceptors (Lipinski definition) is 2. The second-order valence-corrected chi connectivity index (χ2v) is 10.3. The smallest absolute Gasteiger partial charge is 0.0553 e. The third kappa shape index (κ3) is 8.47. The van der Waals surface area contributed by atoms with Crippen molar-refractivity contribution in [3.8, 4) is 0 Å². The van der Waals surface area contributed by atoms with Gasteiger partial charge in [0, 0.05) is 12.6 Å². The predicted octanol–water partition coefficient (Wildman–Crippen LogP) is 4.15. The zero-order chi connectivity index (χ0) is 19.9. The summed E-state index contributed by atoms with van der Waals surface area (Å²) in [6, 6.07) is 0.604. The van der Waals surface area contributed by atoms with E-state index in [9.17, 15) is 0 Å². The molecule has 4 nitrogen and oxygen atoms in total. The van der Waals surface area contributed by atoms with Crippen molar-refractivity contribution < 1.29 is 11.0 Å². The van der Waals surface area contributed by atoms with Crippen molar-refractivity contribution in [2.75, 3.05) is 26.2 Å². The lowest BCUT2D eigenvalue weighted by molar-refractivity contribution is 0.166. The molecular formula is C25H45ClN2O2. The summed E-state index contributed by atoms with van der Waals surface area (Å²) in [6.07, 6.45) is 19.2. The van der Waals surface area contributed by atoms with Crippen LogP contribution < -0.4 is 5.32 Å². The summed E-state index contributed by atoms with van der Waals surface area (Å²) in [5.41, 5.74) is 1.53. The Kier molecular flexibility index (Phi) is 12.5. The first-order valence-corrected chi connectivity index (χ1v) is 12.1. The summed E-state index contributed by atoms with van der Waals surface area (Å²) in [5.74, 6) is 3.07. The molecule has 174 valence electrons. The standard InChI is InChI=1S/C25H41ClN2.2H2O/c1-19(2)25(27-14-11-21-6-4-5-20(3)17-21)18-28-15-12-23(13-16-28)22-7-9-24(26)10-8-22;;/h4,6-9,19-21,23-25,27H,5,10-18H2,1-3H3;2*1H2/t20?,21?,24?,25-;;/m0../s1. The van der Waals surface area contributed by atoms with E-state index in [2.05, 4.69) is 61.4 Å². The van der Waals surface area contributed by atoms with E-state index < -0.39 is 0 Å². The van der Waals surface area contributed by atoms with Crippen LogP contribution in [-0.2, 0) is 0 Å². The van der Waals surface area contributed by atoms with Gasteiger partial charge in [0.05, 0.1) is 5.38 Å². The number of allylic oxidation sites excluding steroid dienone is 6. The number of rotatable bonds is 8. The fraction of sp³-hybridized carbons (Fsp3) is 0.760. The van der Waals surface area contributed by atoms with Gasteiger partial charge in [-0.15, -0.1) is 11.6 Å². The first-order valence-electron chi connectivity index (χ1n) is 11.7. The lowest BCUT2D eigenvalue weighted by Gasteiger charge is -2.36. The van der Waals surface area contributed by atoms with E-state index in [1.807, 2.05) is 0 Å².